The Morgan fingerprint density at radius 3 is 2.67 bits per heavy atom. The van der Waals surface area contributed by atoms with E-state index in [0.29, 0.717) is 17.1 Å². The van der Waals surface area contributed by atoms with Crippen LogP contribution in [0.1, 0.15) is 30.0 Å². The van der Waals surface area contributed by atoms with Gasteiger partial charge in [-0.1, -0.05) is 0 Å². The van der Waals surface area contributed by atoms with Crippen molar-refractivity contribution in [3.05, 3.63) is 16.1 Å². The average Bonchev–Trinajstić information content (AvgIpc) is 2.76. The molecule has 5 nitrogen and oxygen atoms in total. The average molecular weight is 268 g/mol. The molecule has 0 aromatic carbocycles. The molecule has 1 aliphatic heterocycles. The number of carbonyl (C=O) groups is 2. The second-order valence-corrected chi connectivity index (χ2v) is 5.36. The van der Waals surface area contributed by atoms with Gasteiger partial charge in [-0.3, -0.25) is 9.59 Å². The van der Waals surface area contributed by atoms with Crippen LogP contribution in [0.25, 0.3) is 0 Å². The molecule has 2 rings (SSSR count). The number of carbonyl (C=O) groups excluding carboxylic acids is 1. The van der Waals surface area contributed by atoms with Crippen molar-refractivity contribution >= 4 is 23.2 Å². The lowest BCUT2D eigenvalue weighted by atomic mass is 10.1. The molecule has 1 saturated heterocycles. The summed E-state index contributed by atoms with van der Waals surface area (Å²) in [5, 5.41) is 11.1. The van der Waals surface area contributed by atoms with Crippen molar-refractivity contribution in [1.29, 1.82) is 0 Å². The molecule has 0 aliphatic carbocycles. The molecule has 1 aromatic rings. The van der Waals surface area contributed by atoms with E-state index in [1.54, 1.807) is 5.38 Å². The third-order valence-corrected chi connectivity index (χ3v) is 3.84. The summed E-state index contributed by atoms with van der Waals surface area (Å²) in [4.78, 5) is 28.6. The number of piperidine rings is 1. The summed E-state index contributed by atoms with van der Waals surface area (Å²) in [7, 11) is 0. The molecule has 0 radical (unpaired) electrons. The maximum Gasteiger partial charge on any atom is 0.309 e. The fourth-order valence-electron chi connectivity index (χ4n) is 2.05. The number of thiazole rings is 1. The minimum atomic E-state index is -0.894. The van der Waals surface area contributed by atoms with E-state index in [9.17, 15) is 9.59 Å². The monoisotopic (exact) mass is 268 g/mol. The van der Waals surface area contributed by atoms with Crippen LogP contribution in [-0.2, 0) is 22.4 Å². The fraction of sp³-hybridized carbons (Fsp3) is 0.583. The van der Waals surface area contributed by atoms with E-state index in [1.807, 2.05) is 4.90 Å². The van der Waals surface area contributed by atoms with Gasteiger partial charge >= 0.3 is 5.97 Å². The summed E-state index contributed by atoms with van der Waals surface area (Å²) >= 11 is 1.36. The zero-order chi connectivity index (χ0) is 13.0. The van der Waals surface area contributed by atoms with Gasteiger partial charge in [-0.15, -0.1) is 11.3 Å². The Hall–Kier alpha value is -1.43. The predicted octanol–water partition coefficient (Wildman–Crippen LogP) is 1.33. The number of aromatic nitrogens is 1. The fourth-order valence-corrected chi connectivity index (χ4v) is 2.84. The molecule has 0 atom stereocenters. The van der Waals surface area contributed by atoms with Gasteiger partial charge in [-0.25, -0.2) is 4.98 Å². The first kappa shape index (κ1) is 13.0. The van der Waals surface area contributed by atoms with Crippen LogP contribution in [0, 0.1) is 0 Å². The van der Waals surface area contributed by atoms with Crippen LogP contribution in [-0.4, -0.2) is 40.0 Å². The number of likely N-dealkylation sites (tertiary alicyclic amines) is 1. The highest BCUT2D eigenvalue weighted by Gasteiger charge is 2.18. The molecule has 2 heterocycles. The van der Waals surface area contributed by atoms with Crippen molar-refractivity contribution in [2.45, 2.75) is 32.1 Å². The highest BCUT2D eigenvalue weighted by molar-refractivity contribution is 7.09. The largest absolute Gasteiger partial charge is 0.481 e. The van der Waals surface area contributed by atoms with E-state index in [4.69, 9.17) is 5.11 Å². The lowest BCUT2D eigenvalue weighted by Crippen LogP contribution is -2.36. The Morgan fingerprint density at radius 2 is 2.00 bits per heavy atom. The molecule has 6 heteroatoms. The van der Waals surface area contributed by atoms with Crippen LogP contribution in [0.3, 0.4) is 0 Å². The maximum atomic E-state index is 12.0. The van der Waals surface area contributed by atoms with Crippen molar-refractivity contribution in [2.75, 3.05) is 13.1 Å². The molecular weight excluding hydrogens is 252 g/mol. The number of nitrogens with zero attached hydrogens (tertiary/aromatic N) is 2. The first-order valence-electron chi connectivity index (χ1n) is 6.08. The van der Waals surface area contributed by atoms with E-state index < -0.39 is 5.97 Å². The van der Waals surface area contributed by atoms with Gasteiger partial charge in [0, 0.05) is 18.5 Å². The molecule has 0 unspecified atom stereocenters. The second kappa shape index (κ2) is 5.95. The van der Waals surface area contributed by atoms with Crippen LogP contribution in [0.4, 0.5) is 0 Å². The number of carboxylic acid groups (broad SMARTS) is 1. The first-order chi connectivity index (χ1) is 8.65. The van der Waals surface area contributed by atoms with Crippen LogP contribution < -0.4 is 0 Å². The Bertz CT molecular complexity index is 438. The van der Waals surface area contributed by atoms with E-state index in [0.717, 1.165) is 25.9 Å². The molecule has 1 fully saturated rings. The van der Waals surface area contributed by atoms with E-state index in [2.05, 4.69) is 4.98 Å². The van der Waals surface area contributed by atoms with Gasteiger partial charge in [-0.2, -0.15) is 0 Å². The number of carboxylic acids is 1. The molecule has 1 amide bonds. The van der Waals surface area contributed by atoms with E-state index in [1.165, 1.54) is 17.8 Å². The van der Waals surface area contributed by atoms with Crippen molar-refractivity contribution in [2.24, 2.45) is 0 Å². The molecular formula is C12H16N2O3S. The standard InChI is InChI=1S/C12H16N2O3S/c15-11(14-4-2-1-3-5-14)7-10-13-9(8-18-10)6-12(16)17/h8H,1-7H2,(H,16,17). The molecule has 0 bridgehead atoms. The summed E-state index contributed by atoms with van der Waals surface area (Å²) in [6.45, 7) is 1.68. The third kappa shape index (κ3) is 3.53. The zero-order valence-corrected chi connectivity index (χ0v) is 10.9. The summed E-state index contributed by atoms with van der Waals surface area (Å²) in [5.74, 6) is -0.792. The SMILES string of the molecule is O=C(O)Cc1csc(CC(=O)N2CCCCC2)n1. The van der Waals surface area contributed by atoms with Gasteiger partial charge in [0.1, 0.15) is 5.01 Å². The van der Waals surface area contributed by atoms with Crippen molar-refractivity contribution in [1.82, 2.24) is 9.88 Å². The Balaban J connectivity index is 1.90. The summed E-state index contributed by atoms with van der Waals surface area (Å²) in [6.07, 6.45) is 3.57. The summed E-state index contributed by atoms with van der Waals surface area (Å²) in [6, 6.07) is 0. The Morgan fingerprint density at radius 1 is 1.28 bits per heavy atom. The lowest BCUT2D eigenvalue weighted by Gasteiger charge is -2.26. The molecule has 1 aliphatic rings. The zero-order valence-electron chi connectivity index (χ0n) is 10.1. The minimum Gasteiger partial charge on any atom is -0.481 e. The normalized spacial score (nSPS) is 15.7. The Kier molecular flexibility index (Phi) is 4.30. The lowest BCUT2D eigenvalue weighted by molar-refractivity contribution is -0.136. The number of amides is 1. The molecule has 18 heavy (non-hydrogen) atoms. The topological polar surface area (TPSA) is 70.5 Å². The van der Waals surface area contributed by atoms with Crippen LogP contribution >= 0.6 is 11.3 Å². The molecule has 0 spiro atoms. The predicted molar refractivity (Wildman–Crippen MR) is 67.6 cm³/mol. The first-order valence-corrected chi connectivity index (χ1v) is 6.96. The van der Waals surface area contributed by atoms with Crippen molar-refractivity contribution < 1.29 is 14.7 Å². The van der Waals surface area contributed by atoms with Gasteiger partial charge in [0.05, 0.1) is 18.5 Å². The van der Waals surface area contributed by atoms with E-state index in [-0.39, 0.29) is 12.3 Å². The molecule has 98 valence electrons. The highest BCUT2D eigenvalue weighted by atomic mass is 32.1. The highest BCUT2D eigenvalue weighted by Crippen LogP contribution is 2.14. The van der Waals surface area contributed by atoms with Crippen molar-refractivity contribution in [3.8, 4) is 0 Å². The number of rotatable bonds is 4. The van der Waals surface area contributed by atoms with Crippen molar-refractivity contribution in [3.63, 3.8) is 0 Å². The summed E-state index contributed by atoms with van der Waals surface area (Å²) < 4.78 is 0. The van der Waals surface area contributed by atoms with Crippen LogP contribution in [0.15, 0.2) is 5.38 Å². The smallest absolute Gasteiger partial charge is 0.309 e. The van der Waals surface area contributed by atoms with Crippen LogP contribution in [0.2, 0.25) is 0 Å². The minimum absolute atomic E-state index is 0.0750. The molecule has 1 N–H and O–H groups in total. The molecule has 1 aromatic heterocycles. The number of hydrogen-bond acceptors (Lipinski definition) is 4. The second-order valence-electron chi connectivity index (χ2n) is 4.42. The van der Waals surface area contributed by atoms with Gasteiger partial charge in [0.15, 0.2) is 0 Å². The van der Waals surface area contributed by atoms with Gasteiger partial charge in [0.2, 0.25) is 5.91 Å². The number of aliphatic carboxylic acids is 1. The summed E-state index contributed by atoms with van der Waals surface area (Å²) in [5.41, 5.74) is 0.536. The molecule has 0 saturated carbocycles. The van der Waals surface area contributed by atoms with E-state index >= 15 is 0 Å². The number of hydrogen-bond donors (Lipinski definition) is 1. The quantitative estimate of drug-likeness (QED) is 0.894. The Labute approximate surface area is 109 Å². The maximum absolute atomic E-state index is 12.0. The van der Waals surface area contributed by atoms with Gasteiger partial charge in [-0.05, 0) is 19.3 Å². The van der Waals surface area contributed by atoms with Gasteiger partial charge in [0.25, 0.3) is 0 Å². The van der Waals surface area contributed by atoms with Crippen LogP contribution in [0.5, 0.6) is 0 Å². The third-order valence-electron chi connectivity index (χ3n) is 2.94. The van der Waals surface area contributed by atoms with Gasteiger partial charge < -0.3 is 10.0 Å².